The zero-order chi connectivity index (χ0) is 28.2. The number of ether oxygens (including phenoxy) is 3. The van der Waals surface area contributed by atoms with Crippen LogP contribution in [0.2, 0.25) is 0 Å². The van der Waals surface area contributed by atoms with Crippen molar-refractivity contribution in [1.29, 1.82) is 0 Å². The van der Waals surface area contributed by atoms with E-state index < -0.39 is 23.5 Å². The normalized spacial score (nSPS) is 19.4. The summed E-state index contributed by atoms with van der Waals surface area (Å²) >= 11 is 0. The van der Waals surface area contributed by atoms with Crippen molar-refractivity contribution < 1.29 is 28.6 Å². The highest BCUT2D eigenvalue weighted by Gasteiger charge is 2.49. The summed E-state index contributed by atoms with van der Waals surface area (Å²) < 4.78 is 16.7. The van der Waals surface area contributed by atoms with Gasteiger partial charge in [0.1, 0.15) is 0 Å². The van der Waals surface area contributed by atoms with Crippen LogP contribution in [0.25, 0.3) is 0 Å². The number of carbonyl (C=O) groups is 3. The Morgan fingerprint density at radius 3 is 1.84 bits per heavy atom. The molecule has 0 aromatic rings. The van der Waals surface area contributed by atoms with Crippen molar-refractivity contribution in [3.05, 3.63) is 12.7 Å². The van der Waals surface area contributed by atoms with Crippen LogP contribution in [-0.2, 0) is 28.6 Å². The largest absolute Gasteiger partial charge is 0.465 e. The maximum absolute atomic E-state index is 13.1. The van der Waals surface area contributed by atoms with Crippen LogP contribution in [-0.4, -0.2) is 36.7 Å². The Balaban J connectivity index is 2.40. The molecule has 0 bridgehead atoms. The van der Waals surface area contributed by atoms with E-state index in [2.05, 4.69) is 34.3 Å². The Morgan fingerprint density at radius 1 is 0.789 bits per heavy atom. The molecule has 220 valence electrons. The molecular formula is C32H56O6. The molecule has 1 aliphatic rings. The van der Waals surface area contributed by atoms with E-state index >= 15 is 0 Å². The topological polar surface area (TPSA) is 78.9 Å². The van der Waals surface area contributed by atoms with Crippen LogP contribution in [0.4, 0.5) is 0 Å². The van der Waals surface area contributed by atoms with Gasteiger partial charge in [0.25, 0.3) is 0 Å². The minimum absolute atomic E-state index is 0.106. The average molecular weight is 537 g/mol. The summed E-state index contributed by atoms with van der Waals surface area (Å²) in [5.41, 5.74) is -1.44. The molecule has 0 amide bonds. The SMILES string of the molecule is C=CC(=O)OC1(C(=O)OCCCCCC(C)C)CCCC(C(=O)OCCCCCCCCCCC(C)C)C1. The molecule has 6 heteroatoms. The van der Waals surface area contributed by atoms with E-state index in [1.165, 1.54) is 38.5 Å². The van der Waals surface area contributed by atoms with E-state index in [0.29, 0.717) is 31.8 Å². The summed E-state index contributed by atoms with van der Waals surface area (Å²) in [7, 11) is 0. The lowest BCUT2D eigenvalue weighted by Gasteiger charge is -2.37. The molecular weight excluding hydrogens is 480 g/mol. The molecule has 0 heterocycles. The van der Waals surface area contributed by atoms with Crippen molar-refractivity contribution in [1.82, 2.24) is 0 Å². The molecule has 0 radical (unpaired) electrons. The van der Waals surface area contributed by atoms with Gasteiger partial charge < -0.3 is 14.2 Å². The van der Waals surface area contributed by atoms with Crippen LogP contribution >= 0.6 is 0 Å². The quantitative estimate of drug-likeness (QED) is 0.0638. The van der Waals surface area contributed by atoms with Crippen molar-refractivity contribution in [3.8, 4) is 0 Å². The molecule has 0 N–H and O–H groups in total. The van der Waals surface area contributed by atoms with Gasteiger partial charge in [-0.3, -0.25) is 4.79 Å². The number of rotatable bonds is 21. The first kappa shape index (κ1) is 34.2. The fourth-order valence-corrected chi connectivity index (χ4v) is 5.13. The van der Waals surface area contributed by atoms with Gasteiger partial charge >= 0.3 is 17.9 Å². The van der Waals surface area contributed by atoms with E-state index in [1.54, 1.807) is 0 Å². The van der Waals surface area contributed by atoms with Crippen LogP contribution < -0.4 is 0 Å². The van der Waals surface area contributed by atoms with E-state index in [-0.39, 0.29) is 19.0 Å². The van der Waals surface area contributed by atoms with Crippen molar-refractivity contribution in [2.45, 2.75) is 142 Å². The van der Waals surface area contributed by atoms with E-state index in [1.807, 2.05) is 0 Å². The van der Waals surface area contributed by atoms with Gasteiger partial charge in [0.15, 0.2) is 0 Å². The Bertz CT molecular complexity index is 685. The lowest BCUT2D eigenvalue weighted by atomic mass is 9.77. The second kappa shape index (κ2) is 20.1. The minimum atomic E-state index is -1.44. The summed E-state index contributed by atoms with van der Waals surface area (Å²) in [4.78, 5) is 37.9. The van der Waals surface area contributed by atoms with Crippen molar-refractivity contribution in [3.63, 3.8) is 0 Å². The van der Waals surface area contributed by atoms with Crippen molar-refractivity contribution in [2.75, 3.05) is 13.2 Å². The smallest absolute Gasteiger partial charge is 0.350 e. The number of hydrogen-bond donors (Lipinski definition) is 0. The first-order valence-electron chi connectivity index (χ1n) is 15.4. The van der Waals surface area contributed by atoms with Crippen molar-refractivity contribution >= 4 is 17.9 Å². The third-order valence-corrected chi connectivity index (χ3v) is 7.46. The molecule has 38 heavy (non-hydrogen) atoms. The van der Waals surface area contributed by atoms with Crippen LogP contribution in [0.15, 0.2) is 12.7 Å². The van der Waals surface area contributed by atoms with Crippen LogP contribution in [0.1, 0.15) is 137 Å². The molecule has 2 atom stereocenters. The molecule has 1 rings (SSSR count). The highest BCUT2D eigenvalue weighted by Crippen LogP contribution is 2.37. The standard InChI is InChI=1S/C32H56O6/c1-6-29(33)38-32(31(35)37-24-17-13-15-20-27(4)5)22-18-21-28(25-32)30(34)36-23-16-12-10-8-7-9-11-14-19-26(2)3/h6,26-28H,1,7-25H2,2-5H3. The Labute approximate surface area is 232 Å². The molecule has 0 saturated heterocycles. The van der Waals surface area contributed by atoms with E-state index in [9.17, 15) is 14.4 Å². The highest BCUT2D eigenvalue weighted by atomic mass is 16.6. The lowest BCUT2D eigenvalue weighted by Crippen LogP contribution is -2.49. The summed E-state index contributed by atoms with van der Waals surface area (Å²) in [5.74, 6) is -0.562. The molecule has 2 unspecified atom stereocenters. The van der Waals surface area contributed by atoms with E-state index in [4.69, 9.17) is 14.2 Å². The fraction of sp³-hybridized carbons (Fsp3) is 0.844. The molecule has 1 saturated carbocycles. The molecule has 6 nitrogen and oxygen atoms in total. The summed E-state index contributed by atoms with van der Waals surface area (Å²) in [6, 6.07) is 0. The predicted molar refractivity (Wildman–Crippen MR) is 153 cm³/mol. The van der Waals surface area contributed by atoms with Gasteiger partial charge in [-0.25, -0.2) is 9.59 Å². The van der Waals surface area contributed by atoms with Crippen LogP contribution in [0.5, 0.6) is 0 Å². The Morgan fingerprint density at radius 2 is 1.29 bits per heavy atom. The third-order valence-electron chi connectivity index (χ3n) is 7.46. The summed E-state index contributed by atoms with van der Waals surface area (Å²) in [6.45, 7) is 13.1. The van der Waals surface area contributed by atoms with Gasteiger partial charge in [0.2, 0.25) is 5.60 Å². The van der Waals surface area contributed by atoms with Crippen molar-refractivity contribution in [2.24, 2.45) is 17.8 Å². The second-order valence-corrected chi connectivity index (χ2v) is 12.0. The lowest BCUT2D eigenvalue weighted by molar-refractivity contribution is -0.188. The van der Waals surface area contributed by atoms with Gasteiger partial charge in [-0.2, -0.15) is 0 Å². The zero-order valence-electron chi connectivity index (χ0n) is 24.9. The van der Waals surface area contributed by atoms with E-state index in [0.717, 1.165) is 56.9 Å². The monoisotopic (exact) mass is 536 g/mol. The maximum atomic E-state index is 13.1. The Kier molecular flexibility index (Phi) is 18.1. The molecule has 0 aromatic carbocycles. The third kappa shape index (κ3) is 14.9. The predicted octanol–water partition coefficient (Wildman–Crippen LogP) is 8.11. The highest BCUT2D eigenvalue weighted by molar-refractivity contribution is 5.88. The molecule has 0 aliphatic heterocycles. The van der Waals surface area contributed by atoms with Crippen LogP contribution in [0, 0.1) is 17.8 Å². The second-order valence-electron chi connectivity index (χ2n) is 12.0. The zero-order valence-corrected chi connectivity index (χ0v) is 24.9. The van der Waals surface area contributed by atoms with Gasteiger partial charge in [-0.1, -0.05) is 105 Å². The summed E-state index contributed by atoms with van der Waals surface area (Å²) in [6.07, 6.45) is 17.6. The number of esters is 3. The number of hydrogen-bond acceptors (Lipinski definition) is 6. The first-order valence-corrected chi connectivity index (χ1v) is 15.4. The molecule has 1 aliphatic carbocycles. The first-order chi connectivity index (χ1) is 18.2. The van der Waals surface area contributed by atoms with Gasteiger partial charge in [-0.05, 0) is 43.9 Å². The summed E-state index contributed by atoms with van der Waals surface area (Å²) in [5, 5.41) is 0. The average Bonchev–Trinajstić information content (AvgIpc) is 2.88. The van der Waals surface area contributed by atoms with Gasteiger partial charge in [0, 0.05) is 12.5 Å². The molecule has 0 aromatic heterocycles. The number of unbranched alkanes of at least 4 members (excludes halogenated alkanes) is 9. The fourth-order valence-electron chi connectivity index (χ4n) is 5.13. The Hall–Kier alpha value is -1.85. The number of carbonyl (C=O) groups excluding carboxylic acids is 3. The van der Waals surface area contributed by atoms with Crippen LogP contribution in [0.3, 0.4) is 0 Å². The van der Waals surface area contributed by atoms with Gasteiger partial charge in [0.05, 0.1) is 19.1 Å². The molecule has 1 fully saturated rings. The minimum Gasteiger partial charge on any atom is -0.465 e. The van der Waals surface area contributed by atoms with Gasteiger partial charge in [-0.15, -0.1) is 0 Å². The molecule has 0 spiro atoms. The maximum Gasteiger partial charge on any atom is 0.350 e.